The van der Waals surface area contributed by atoms with Gasteiger partial charge >= 0.3 is 0 Å². The van der Waals surface area contributed by atoms with Gasteiger partial charge in [-0.15, -0.1) is 23.7 Å². The highest BCUT2D eigenvalue weighted by molar-refractivity contribution is 7.10. The summed E-state index contributed by atoms with van der Waals surface area (Å²) in [5.41, 5.74) is 0. The van der Waals surface area contributed by atoms with Crippen molar-refractivity contribution < 1.29 is 0 Å². The maximum atomic E-state index is 5.28. The van der Waals surface area contributed by atoms with E-state index in [1.165, 1.54) is 37.0 Å². The molecule has 1 atom stereocenters. The number of hydrogen-bond acceptors (Lipinski definition) is 2. The molecule has 1 N–H and O–H groups in total. The Bertz CT molecular complexity index is 357. The Balaban J connectivity index is 1.83. The SMILES string of the molecule is C#CCCCCNC(c1cccs1)C1CCCC1. The van der Waals surface area contributed by atoms with Crippen molar-refractivity contribution in [3.05, 3.63) is 22.4 Å². The van der Waals surface area contributed by atoms with Crippen molar-refractivity contribution in [2.75, 3.05) is 6.54 Å². The second kappa shape index (κ2) is 7.61. The third-order valence-corrected chi connectivity index (χ3v) is 4.79. The third-order valence-electron chi connectivity index (χ3n) is 3.83. The van der Waals surface area contributed by atoms with Gasteiger partial charge in [0.2, 0.25) is 0 Å². The van der Waals surface area contributed by atoms with Gasteiger partial charge < -0.3 is 5.32 Å². The summed E-state index contributed by atoms with van der Waals surface area (Å²) in [6.45, 7) is 1.10. The van der Waals surface area contributed by atoms with Crippen LogP contribution in [0.15, 0.2) is 17.5 Å². The summed E-state index contributed by atoms with van der Waals surface area (Å²) in [5, 5.41) is 5.96. The molecule has 1 aromatic heterocycles. The van der Waals surface area contributed by atoms with Crippen molar-refractivity contribution in [2.24, 2.45) is 5.92 Å². The molecule has 1 fully saturated rings. The molecule has 1 unspecified atom stereocenters. The van der Waals surface area contributed by atoms with E-state index in [-0.39, 0.29) is 0 Å². The standard InChI is InChI=1S/C16H23NS/c1-2-3-4-7-12-17-16(14-9-5-6-10-14)15-11-8-13-18-15/h1,8,11,13-14,16-17H,3-7,9-10,12H2. The molecule has 0 aliphatic heterocycles. The first-order valence-electron chi connectivity index (χ1n) is 7.12. The van der Waals surface area contributed by atoms with Crippen molar-refractivity contribution in [2.45, 2.75) is 51.0 Å². The van der Waals surface area contributed by atoms with Gasteiger partial charge in [-0.1, -0.05) is 18.9 Å². The van der Waals surface area contributed by atoms with Gasteiger partial charge in [0.15, 0.2) is 0 Å². The largest absolute Gasteiger partial charge is 0.309 e. The molecule has 0 bridgehead atoms. The lowest BCUT2D eigenvalue weighted by Gasteiger charge is -2.23. The van der Waals surface area contributed by atoms with E-state index in [0.29, 0.717) is 6.04 Å². The van der Waals surface area contributed by atoms with Gasteiger partial charge in [-0.05, 0) is 49.6 Å². The number of nitrogens with one attached hydrogen (secondary N) is 1. The van der Waals surface area contributed by atoms with E-state index in [2.05, 4.69) is 28.8 Å². The summed E-state index contributed by atoms with van der Waals surface area (Å²) in [6.07, 6.45) is 14.1. The Kier molecular flexibility index (Phi) is 5.77. The normalized spacial score (nSPS) is 17.7. The third kappa shape index (κ3) is 3.86. The molecule has 1 aliphatic rings. The molecule has 0 amide bonds. The minimum Gasteiger partial charge on any atom is -0.309 e. The molecule has 0 spiro atoms. The molecule has 2 heteroatoms. The van der Waals surface area contributed by atoms with Crippen LogP contribution in [-0.2, 0) is 0 Å². The van der Waals surface area contributed by atoms with Crippen molar-refractivity contribution in [3.8, 4) is 12.3 Å². The first-order valence-corrected chi connectivity index (χ1v) is 8.00. The zero-order valence-corrected chi connectivity index (χ0v) is 11.8. The fraction of sp³-hybridized carbons (Fsp3) is 0.625. The summed E-state index contributed by atoms with van der Waals surface area (Å²) in [6, 6.07) is 5.03. The smallest absolute Gasteiger partial charge is 0.0443 e. The maximum Gasteiger partial charge on any atom is 0.0443 e. The highest BCUT2D eigenvalue weighted by Gasteiger charge is 2.26. The summed E-state index contributed by atoms with van der Waals surface area (Å²) in [7, 11) is 0. The molecule has 1 saturated carbocycles. The molecule has 0 radical (unpaired) electrons. The van der Waals surface area contributed by atoms with Gasteiger partial charge in [0.05, 0.1) is 0 Å². The van der Waals surface area contributed by atoms with Gasteiger partial charge in [-0.25, -0.2) is 0 Å². The Morgan fingerprint density at radius 3 is 2.89 bits per heavy atom. The van der Waals surface area contributed by atoms with Crippen LogP contribution in [0.1, 0.15) is 55.9 Å². The summed E-state index contributed by atoms with van der Waals surface area (Å²) in [4.78, 5) is 1.51. The van der Waals surface area contributed by atoms with Gasteiger partial charge in [-0.2, -0.15) is 0 Å². The molecule has 0 aromatic carbocycles. The summed E-state index contributed by atoms with van der Waals surface area (Å²) < 4.78 is 0. The lowest BCUT2D eigenvalue weighted by Crippen LogP contribution is -2.27. The van der Waals surface area contributed by atoms with E-state index >= 15 is 0 Å². The van der Waals surface area contributed by atoms with E-state index in [9.17, 15) is 0 Å². The minimum absolute atomic E-state index is 0.582. The number of unbranched alkanes of at least 4 members (excludes halogenated alkanes) is 2. The summed E-state index contributed by atoms with van der Waals surface area (Å²) >= 11 is 1.89. The Morgan fingerprint density at radius 2 is 2.22 bits per heavy atom. The number of thiophene rings is 1. The van der Waals surface area contributed by atoms with Gasteiger partial charge in [0.1, 0.15) is 0 Å². The zero-order chi connectivity index (χ0) is 12.6. The predicted molar refractivity (Wildman–Crippen MR) is 79.7 cm³/mol. The quantitative estimate of drug-likeness (QED) is 0.567. The lowest BCUT2D eigenvalue weighted by molar-refractivity contribution is 0.369. The molecule has 18 heavy (non-hydrogen) atoms. The molecular formula is C16H23NS. The van der Waals surface area contributed by atoms with Crippen LogP contribution >= 0.6 is 11.3 Å². The fourth-order valence-corrected chi connectivity index (χ4v) is 3.76. The predicted octanol–water partition coefficient (Wildman–Crippen LogP) is 4.37. The fourth-order valence-electron chi connectivity index (χ4n) is 2.87. The van der Waals surface area contributed by atoms with Gasteiger partial charge in [0.25, 0.3) is 0 Å². The first kappa shape index (κ1) is 13.6. The van der Waals surface area contributed by atoms with E-state index in [0.717, 1.165) is 25.3 Å². The van der Waals surface area contributed by atoms with Crippen LogP contribution in [0.5, 0.6) is 0 Å². The highest BCUT2D eigenvalue weighted by atomic mass is 32.1. The van der Waals surface area contributed by atoms with Crippen molar-refractivity contribution >= 4 is 11.3 Å². The molecule has 1 heterocycles. The van der Waals surface area contributed by atoms with Crippen LogP contribution in [0.4, 0.5) is 0 Å². The minimum atomic E-state index is 0.582. The average molecular weight is 261 g/mol. The van der Waals surface area contributed by atoms with Crippen molar-refractivity contribution in [1.82, 2.24) is 5.32 Å². The van der Waals surface area contributed by atoms with E-state index < -0.39 is 0 Å². The van der Waals surface area contributed by atoms with Gasteiger partial charge in [0, 0.05) is 17.3 Å². The molecule has 0 saturated heterocycles. The molecule has 1 aromatic rings. The van der Waals surface area contributed by atoms with Crippen molar-refractivity contribution in [1.29, 1.82) is 0 Å². The number of hydrogen-bond donors (Lipinski definition) is 1. The molecule has 2 rings (SSSR count). The Hall–Kier alpha value is -0.780. The van der Waals surface area contributed by atoms with Crippen LogP contribution < -0.4 is 5.32 Å². The molecular weight excluding hydrogens is 238 g/mol. The second-order valence-electron chi connectivity index (χ2n) is 5.15. The molecule has 98 valence electrons. The first-order chi connectivity index (χ1) is 8.92. The zero-order valence-electron chi connectivity index (χ0n) is 11.0. The van der Waals surface area contributed by atoms with Crippen LogP contribution in [0.25, 0.3) is 0 Å². The second-order valence-corrected chi connectivity index (χ2v) is 6.13. The van der Waals surface area contributed by atoms with E-state index in [1.807, 2.05) is 11.3 Å². The molecule has 1 nitrogen and oxygen atoms in total. The monoisotopic (exact) mass is 261 g/mol. The lowest BCUT2D eigenvalue weighted by atomic mass is 9.96. The average Bonchev–Trinajstić information content (AvgIpc) is 3.06. The number of rotatable bonds is 7. The Labute approximate surface area is 115 Å². The highest BCUT2D eigenvalue weighted by Crippen LogP contribution is 2.37. The van der Waals surface area contributed by atoms with Crippen molar-refractivity contribution in [3.63, 3.8) is 0 Å². The van der Waals surface area contributed by atoms with Crippen LogP contribution in [0.2, 0.25) is 0 Å². The van der Waals surface area contributed by atoms with Crippen LogP contribution in [0, 0.1) is 18.3 Å². The molecule has 1 aliphatic carbocycles. The summed E-state index contributed by atoms with van der Waals surface area (Å²) in [5.74, 6) is 3.56. The van der Waals surface area contributed by atoms with E-state index in [1.54, 1.807) is 0 Å². The number of terminal acetylenes is 1. The topological polar surface area (TPSA) is 12.0 Å². The van der Waals surface area contributed by atoms with Crippen LogP contribution in [0.3, 0.4) is 0 Å². The Morgan fingerprint density at radius 1 is 1.39 bits per heavy atom. The van der Waals surface area contributed by atoms with Gasteiger partial charge in [-0.3, -0.25) is 0 Å². The maximum absolute atomic E-state index is 5.28. The van der Waals surface area contributed by atoms with E-state index in [4.69, 9.17) is 6.42 Å². The van der Waals surface area contributed by atoms with Crippen LogP contribution in [-0.4, -0.2) is 6.54 Å².